The number of ether oxygens (including phenoxy) is 1. The predicted octanol–water partition coefficient (Wildman–Crippen LogP) is 3.07. The van der Waals surface area contributed by atoms with Crippen LogP contribution in [0.2, 0.25) is 0 Å². The van der Waals surface area contributed by atoms with Gasteiger partial charge in [-0.05, 0) is 48.4 Å². The molecule has 0 unspecified atom stereocenters. The number of nitrogens with zero attached hydrogens (tertiary/aromatic N) is 2. The molecule has 3 rings (SSSR count). The van der Waals surface area contributed by atoms with Gasteiger partial charge in [0.05, 0.1) is 19.3 Å². The average Bonchev–Trinajstić information content (AvgIpc) is 2.73. The molecule has 0 aliphatic rings. The van der Waals surface area contributed by atoms with E-state index < -0.39 is 0 Å². The van der Waals surface area contributed by atoms with Gasteiger partial charge in [-0.15, -0.1) is 0 Å². The van der Waals surface area contributed by atoms with Crippen molar-refractivity contribution in [3.63, 3.8) is 0 Å². The van der Waals surface area contributed by atoms with E-state index in [-0.39, 0.29) is 5.91 Å². The number of amides is 1. The summed E-state index contributed by atoms with van der Waals surface area (Å²) < 4.78 is 5.21. The lowest BCUT2D eigenvalue weighted by molar-refractivity contribution is 0.0954. The van der Waals surface area contributed by atoms with Crippen molar-refractivity contribution in [1.82, 2.24) is 15.3 Å². The fraction of sp³-hybridized carbons (Fsp3) is 0.190. The fourth-order valence-electron chi connectivity index (χ4n) is 2.60. The molecule has 27 heavy (non-hydrogen) atoms. The first kappa shape index (κ1) is 18.4. The van der Waals surface area contributed by atoms with Crippen LogP contribution < -0.4 is 15.4 Å². The van der Waals surface area contributed by atoms with Crippen molar-refractivity contribution in [1.29, 1.82) is 0 Å². The summed E-state index contributed by atoms with van der Waals surface area (Å²) in [7, 11) is 1.64. The van der Waals surface area contributed by atoms with Crippen LogP contribution in [0.15, 0.2) is 67.0 Å². The van der Waals surface area contributed by atoms with Crippen molar-refractivity contribution < 1.29 is 9.53 Å². The second-order valence-electron chi connectivity index (χ2n) is 5.96. The topological polar surface area (TPSA) is 76.1 Å². The van der Waals surface area contributed by atoms with E-state index in [9.17, 15) is 4.79 Å². The Kier molecular flexibility index (Phi) is 6.35. The number of carbonyl (C=O) groups is 1. The third-order valence-electron chi connectivity index (χ3n) is 4.03. The Morgan fingerprint density at radius 1 is 1.04 bits per heavy atom. The van der Waals surface area contributed by atoms with Gasteiger partial charge < -0.3 is 15.4 Å². The number of nitrogens with one attached hydrogen (secondary N) is 2. The average molecular weight is 362 g/mol. The van der Waals surface area contributed by atoms with Gasteiger partial charge >= 0.3 is 0 Å². The maximum absolute atomic E-state index is 12.4. The molecule has 6 heteroatoms. The first-order chi connectivity index (χ1) is 13.2. The highest BCUT2D eigenvalue weighted by molar-refractivity contribution is 5.94. The van der Waals surface area contributed by atoms with Crippen LogP contribution in [-0.4, -0.2) is 29.5 Å². The van der Waals surface area contributed by atoms with Gasteiger partial charge in [0, 0.05) is 24.5 Å². The first-order valence-electron chi connectivity index (χ1n) is 8.75. The molecule has 2 aromatic heterocycles. The van der Waals surface area contributed by atoms with Crippen LogP contribution in [0.5, 0.6) is 5.75 Å². The van der Waals surface area contributed by atoms with Gasteiger partial charge in [-0.25, -0.2) is 4.98 Å². The molecule has 0 aliphatic heterocycles. The highest BCUT2D eigenvalue weighted by Gasteiger charge is 2.07. The van der Waals surface area contributed by atoms with Gasteiger partial charge in [0.2, 0.25) is 0 Å². The van der Waals surface area contributed by atoms with E-state index >= 15 is 0 Å². The van der Waals surface area contributed by atoms with Gasteiger partial charge in [0.25, 0.3) is 5.91 Å². The largest absolute Gasteiger partial charge is 0.497 e. The molecule has 0 bridgehead atoms. The molecule has 2 N–H and O–H groups in total. The molecule has 3 aromatic rings. The second-order valence-corrected chi connectivity index (χ2v) is 5.96. The minimum Gasteiger partial charge on any atom is -0.497 e. The molecule has 0 saturated heterocycles. The van der Waals surface area contributed by atoms with Crippen molar-refractivity contribution >= 4 is 11.7 Å². The molecule has 0 atom stereocenters. The van der Waals surface area contributed by atoms with E-state index in [4.69, 9.17) is 4.74 Å². The molecule has 2 heterocycles. The summed E-state index contributed by atoms with van der Waals surface area (Å²) >= 11 is 0. The monoisotopic (exact) mass is 362 g/mol. The van der Waals surface area contributed by atoms with Gasteiger partial charge in [-0.2, -0.15) is 0 Å². The lowest BCUT2D eigenvalue weighted by Crippen LogP contribution is -2.25. The Hall–Kier alpha value is -3.41. The summed E-state index contributed by atoms with van der Waals surface area (Å²) in [5, 5.41) is 6.12. The maximum atomic E-state index is 12.4. The lowest BCUT2D eigenvalue weighted by Gasteiger charge is -2.09. The molecule has 0 aliphatic carbocycles. The van der Waals surface area contributed by atoms with E-state index in [1.165, 1.54) is 0 Å². The molecular formula is C21H22N4O2. The Bertz CT molecular complexity index is 884. The number of methoxy groups -OCH3 is 1. The molecule has 138 valence electrons. The quantitative estimate of drug-likeness (QED) is 0.644. The first-order valence-corrected chi connectivity index (χ1v) is 8.75. The van der Waals surface area contributed by atoms with Gasteiger partial charge in [-0.3, -0.25) is 9.78 Å². The highest BCUT2D eigenvalue weighted by Crippen LogP contribution is 2.13. The number of anilines is 1. The smallest absolute Gasteiger partial charge is 0.251 e. The van der Waals surface area contributed by atoms with Crippen molar-refractivity contribution in [3.8, 4) is 5.75 Å². The number of rotatable bonds is 8. The van der Waals surface area contributed by atoms with Crippen LogP contribution in [0.25, 0.3) is 0 Å². The maximum Gasteiger partial charge on any atom is 0.251 e. The molecule has 6 nitrogen and oxygen atoms in total. The summed E-state index contributed by atoms with van der Waals surface area (Å²) in [6, 6.07) is 17.0. The zero-order valence-corrected chi connectivity index (χ0v) is 15.2. The van der Waals surface area contributed by atoms with Crippen molar-refractivity contribution in [2.75, 3.05) is 19.0 Å². The SMILES string of the molecule is COc1cccc(CCNC(=O)c2ccnc(NCc3ccccn3)c2)c1. The molecular weight excluding hydrogens is 340 g/mol. The summed E-state index contributed by atoms with van der Waals surface area (Å²) in [5.41, 5.74) is 2.59. The number of aromatic nitrogens is 2. The van der Waals surface area contributed by atoms with Gasteiger partial charge in [-0.1, -0.05) is 18.2 Å². The summed E-state index contributed by atoms with van der Waals surface area (Å²) in [6.07, 6.45) is 4.10. The molecule has 1 aromatic carbocycles. The number of carbonyl (C=O) groups excluding carboxylic acids is 1. The zero-order chi connectivity index (χ0) is 18.9. The van der Waals surface area contributed by atoms with E-state index in [1.54, 1.807) is 31.6 Å². The molecule has 0 radical (unpaired) electrons. The van der Waals surface area contributed by atoms with Crippen LogP contribution >= 0.6 is 0 Å². The fourth-order valence-corrected chi connectivity index (χ4v) is 2.60. The Morgan fingerprint density at radius 3 is 2.78 bits per heavy atom. The summed E-state index contributed by atoms with van der Waals surface area (Å²) in [5.74, 6) is 1.33. The van der Waals surface area contributed by atoms with E-state index in [2.05, 4.69) is 20.6 Å². The third kappa shape index (κ3) is 5.54. The minimum absolute atomic E-state index is 0.124. The molecule has 0 fully saturated rings. The van der Waals surface area contributed by atoms with E-state index in [1.807, 2.05) is 42.5 Å². The van der Waals surface area contributed by atoms with E-state index in [0.29, 0.717) is 24.5 Å². The predicted molar refractivity (Wildman–Crippen MR) is 105 cm³/mol. The number of hydrogen-bond donors (Lipinski definition) is 2. The van der Waals surface area contributed by atoms with Crippen LogP contribution in [-0.2, 0) is 13.0 Å². The van der Waals surface area contributed by atoms with Crippen molar-refractivity contribution in [2.45, 2.75) is 13.0 Å². The Morgan fingerprint density at radius 2 is 1.96 bits per heavy atom. The van der Waals surface area contributed by atoms with Crippen LogP contribution in [0.3, 0.4) is 0 Å². The van der Waals surface area contributed by atoms with Crippen LogP contribution in [0.4, 0.5) is 5.82 Å². The number of pyridine rings is 2. The Balaban J connectivity index is 1.52. The lowest BCUT2D eigenvalue weighted by atomic mass is 10.1. The summed E-state index contributed by atoms with van der Waals surface area (Å²) in [4.78, 5) is 20.9. The molecule has 0 spiro atoms. The number of hydrogen-bond acceptors (Lipinski definition) is 5. The normalized spacial score (nSPS) is 10.3. The zero-order valence-electron chi connectivity index (χ0n) is 15.2. The summed E-state index contributed by atoms with van der Waals surface area (Å²) in [6.45, 7) is 1.10. The third-order valence-corrected chi connectivity index (χ3v) is 4.03. The number of benzene rings is 1. The van der Waals surface area contributed by atoms with Gasteiger partial charge in [0.15, 0.2) is 0 Å². The minimum atomic E-state index is -0.124. The van der Waals surface area contributed by atoms with Crippen molar-refractivity contribution in [3.05, 3.63) is 83.8 Å². The highest BCUT2D eigenvalue weighted by atomic mass is 16.5. The van der Waals surface area contributed by atoms with Crippen LogP contribution in [0, 0.1) is 0 Å². The van der Waals surface area contributed by atoms with Gasteiger partial charge in [0.1, 0.15) is 11.6 Å². The molecule has 0 saturated carbocycles. The van der Waals surface area contributed by atoms with Crippen molar-refractivity contribution in [2.24, 2.45) is 0 Å². The second kappa shape index (κ2) is 9.33. The Labute approximate surface area is 158 Å². The molecule has 1 amide bonds. The standard InChI is InChI=1S/C21H22N4O2/c1-27-19-7-4-5-16(13-19)8-11-24-21(26)17-9-12-23-20(14-17)25-15-18-6-2-3-10-22-18/h2-7,9-10,12-14H,8,11,15H2,1H3,(H,23,25)(H,24,26). The van der Waals surface area contributed by atoms with Crippen LogP contribution in [0.1, 0.15) is 21.6 Å². The van der Waals surface area contributed by atoms with E-state index in [0.717, 1.165) is 23.4 Å².